The van der Waals surface area contributed by atoms with Crippen molar-refractivity contribution in [3.63, 3.8) is 0 Å². The molecule has 8 heteroatoms. The number of carbonyl (C=O) groups excluding carboxylic acids is 2. The third kappa shape index (κ3) is 6.47. The van der Waals surface area contributed by atoms with Crippen LogP contribution in [0.2, 0.25) is 0 Å². The van der Waals surface area contributed by atoms with Gasteiger partial charge in [0.25, 0.3) is 0 Å². The van der Waals surface area contributed by atoms with Crippen LogP contribution in [0, 0.1) is 11.8 Å². The maximum Gasteiger partial charge on any atom is 0.320 e. The maximum absolute atomic E-state index is 12.5. The molecular weight excluding hydrogens is 346 g/mol. The molecule has 0 bridgehead atoms. The van der Waals surface area contributed by atoms with Crippen LogP contribution < -0.4 is 10.6 Å². The average Bonchev–Trinajstić information content (AvgIpc) is 2.95. The van der Waals surface area contributed by atoms with Crippen molar-refractivity contribution in [1.29, 1.82) is 0 Å². The zero-order chi connectivity index (χ0) is 18.4. The summed E-state index contributed by atoms with van der Waals surface area (Å²) < 4.78 is 0. The van der Waals surface area contributed by atoms with Gasteiger partial charge in [0.1, 0.15) is 6.04 Å². The van der Waals surface area contributed by atoms with Gasteiger partial charge in [0, 0.05) is 33.1 Å². The van der Waals surface area contributed by atoms with Gasteiger partial charge in [-0.05, 0) is 18.8 Å². The highest BCUT2D eigenvalue weighted by atomic mass is 35.5. The van der Waals surface area contributed by atoms with Gasteiger partial charge in [0.2, 0.25) is 11.8 Å². The van der Waals surface area contributed by atoms with E-state index in [-0.39, 0.29) is 42.7 Å². The van der Waals surface area contributed by atoms with Crippen molar-refractivity contribution in [3.8, 4) is 0 Å². The Labute approximate surface area is 156 Å². The summed E-state index contributed by atoms with van der Waals surface area (Å²) in [6.45, 7) is 5.65. The monoisotopic (exact) mass is 377 g/mol. The van der Waals surface area contributed by atoms with Crippen molar-refractivity contribution in [2.75, 3.05) is 14.1 Å². The predicted octanol–water partition coefficient (Wildman–Crippen LogP) is 1.26. The Morgan fingerprint density at radius 3 is 2.20 bits per heavy atom. The molecule has 25 heavy (non-hydrogen) atoms. The molecule has 0 aromatic carbocycles. The van der Waals surface area contributed by atoms with E-state index in [0.29, 0.717) is 5.92 Å². The number of amides is 2. The molecule has 146 valence electrons. The van der Waals surface area contributed by atoms with Crippen molar-refractivity contribution in [2.45, 2.75) is 64.6 Å². The molecule has 2 amide bonds. The summed E-state index contributed by atoms with van der Waals surface area (Å²) in [7, 11) is 3.34. The van der Waals surface area contributed by atoms with Crippen molar-refractivity contribution >= 4 is 30.2 Å². The molecule has 0 aromatic rings. The number of hydrogen-bond donors (Lipinski definition) is 3. The molecule has 0 aromatic heterocycles. The minimum absolute atomic E-state index is 0. The largest absolute Gasteiger partial charge is 0.480 e. The number of carboxylic acids is 1. The second-order valence-electron chi connectivity index (χ2n) is 6.88. The molecule has 0 spiro atoms. The fourth-order valence-corrected chi connectivity index (χ4v) is 3.51. The van der Waals surface area contributed by atoms with Crippen molar-refractivity contribution in [1.82, 2.24) is 15.5 Å². The zero-order valence-corrected chi connectivity index (χ0v) is 16.6. The van der Waals surface area contributed by atoms with Gasteiger partial charge in [0.15, 0.2) is 0 Å². The van der Waals surface area contributed by atoms with E-state index in [0.717, 1.165) is 19.3 Å². The van der Waals surface area contributed by atoms with Crippen molar-refractivity contribution in [3.05, 3.63) is 0 Å². The smallest absolute Gasteiger partial charge is 0.320 e. The number of carbonyl (C=O) groups is 3. The summed E-state index contributed by atoms with van der Waals surface area (Å²) >= 11 is 0. The van der Waals surface area contributed by atoms with E-state index in [9.17, 15) is 19.5 Å². The van der Waals surface area contributed by atoms with Crippen molar-refractivity contribution < 1.29 is 19.5 Å². The number of aliphatic carboxylic acids is 1. The standard InChI is InChI=1S/C17H31N3O4.ClH/c1-6-11(7-2)8-13(18-10(3)21)15-12(16(22)20(4)5)9-14(19-15)17(23)24;/h11-15,19H,6-9H2,1-5H3,(H,18,21)(H,23,24);1H/t12-,13+,14-,15-;/m1./s1. The van der Waals surface area contributed by atoms with Crippen LogP contribution in [0.4, 0.5) is 0 Å². The summed E-state index contributed by atoms with van der Waals surface area (Å²) in [6.07, 6.45) is 2.94. The molecule has 1 saturated heterocycles. The Bertz CT molecular complexity index is 469. The fourth-order valence-electron chi connectivity index (χ4n) is 3.51. The second kappa shape index (κ2) is 10.6. The first-order valence-corrected chi connectivity index (χ1v) is 8.68. The van der Waals surface area contributed by atoms with Crippen LogP contribution in [0.1, 0.15) is 46.5 Å². The number of carboxylic acid groups (broad SMARTS) is 1. The Morgan fingerprint density at radius 2 is 1.80 bits per heavy atom. The molecular formula is C17H32ClN3O4. The summed E-state index contributed by atoms with van der Waals surface area (Å²) in [4.78, 5) is 37.0. The van der Waals surface area contributed by atoms with E-state index in [2.05, 4.69) is 24.5 Å². The number of nitrogens with zero attached hydrogens (tertiary/aromatic N) is 1. The van der Waals surface area contributed by atoms with Crippen LogP contribution in [-0.2, 0) is 14.4 Å². The summed E-state index contributed by atoms with van der Waals surface area (Å²) in [5.41, 5.74) is 0. The number of halogens is 1. The Hall–Kier alpha value is -1.34. The highest BCUT2D eigenvalue weighted by Crippen LogP contribution is 2.28. The van der Waals surface area contributed by atoms with Crippen LogP contribution in [0.25, 0.3) is 0 Å². The van der Waals surface area contributed by atoms with Gasteiger partial charge in [-0.3, -0.25) is 19.7 Å². The zero-order valence-electron chi connectivity index (χ0n) is 15.7. The number of rotatable bonds is 8. The average molecular weight is 378 g/mol. The van der Waals surface area contributed by atoms with Gasteiger partial charge in [0.05, 0.1) is 5.92 Å². The van der Waals surface area contributed by atoms with Gasteiger partial charge in [-0.2, -0.15) is 0 Å². The Balaban J connectivity index is 0.00000576. The maximum atomic E-state index is 12.5. The van der Waals surface area contributed by atoms with E-state index >= 15 is 0 Å². The summed E-state index contributed by atoms with van der Waals surface area (Å²) in [5.74, 6) is -1.26. The molecule has 1 aliphatic rings. The lowest BCUT2D eigenvalue weighted by molar-refractivity contribution is -0.139. The minimum atomic E-state index is -0.960. The van der Waals surface area contributed by atoms with Crippen LogP contribution in [0.5, 0.6) is 0 Å². The lowest BCUT2D eigenvalue weighted by Gasteiger charge is -2.32. The lowest BCUT2D eigenvalue weighted by atomic mass is 9.85. The highest BCUT2D eigenvalue weighted by Gasteiger charge is 2.45. The SMILES string of the molecule is CCC(CC)C[C@H](NC(C)=O)[C@@H]1N[C@@H](C(=O)O)C[C@H]1C(=O)N(C)C.Cl. The Kier molecular flexibility index (Phi) is 10.0. The van der Waals surface area contributed by atoms with E-state index in [4.69, 9.17) is 0 Å². The third-order valence-electron chi connectivity index (χ3n) is 4.94. The molecule has 1 fully saturated rings. The topological polar surface area (TPSA) is 98.7 Å². The quantitative estimate of drug-likeness (QED) is 0.591. The van der Waals surface area contributed by atoms with Crippen LogP contribution in [0.3, 0.4) is 0 Å². The van der Waals surface area contributed by atoms with Gasteiger partial charge in [-0.15, -0.1) is 12.4 Å². The predicted molar refractivity (Wildman–Crippen MR) is 98.7 cm³/mol. The van der Waals surface area contributed by atoms with Crippen LogP contribution in [0.15, 0.2) is 0 Å². The molecule has 1 rings (SSSR count). The van der Waals surface area contributed by atoms with Crippen molar-refractivity contribution in [2.24, 2.45) is 11.8 Å². The highest BCUT2D eigenvalue weighted by molar-refractivity contribution is 5.85. The van der Waals surface area contributed by atoms with Gasteiger partial charge < -0.3 is 15.3 Å². The molecule has 1 aliphatic heterocycles. The molecule has 7 nitrogen and oxygen atoms in total. The lowest BCUT2D eigenvalue weighted by Crippen LogP contribution is -2.54. The molecule has 0 saturated carbocycles. The van der Waals surface area contributed by atoms with Gasteiger partial charge in [-0.1, -0.05) is 26.7 Å². The first-order chi connectivity index (χ1) is 11.2. The van der Waals surface area contributed by atoms with Gasteiger partial charge in [-0.25, -0.2) is 0 Å². The molecule has 3 N–H and O–H groups in total. The molecule has 1 heterocycles. The summed E-state index contributed by atoms with van der Waals surface area (Å²) in [6, 6.07) is -1.39. The van der Waals surface area contributed by atoms with Gasteiger partial charge >= 0.3 is 5.97 Å². The van der Waals surface area contributed by atoms with E-state index < -0.39 is 17.9 Å². The van der Waals surface area contributed by atoms with E-state index in [1.165, 1.54) is 11.8 Å². The molecule has 0 unspecified atom stereocenters. The van der Waals surface area contributed by atoms with Crippen LogP contribution in [-0.4, -0.2) is 60.0 Å². The number of hydrogen-bond acceptors (Lipinski definition) is 4. The third-order valence-corrected chi connectivity index (χ3v) is 4.94. The second-order valence-corrected chi connectivity index (χ2v) is 6.88. The van der Waals surface area contributed by atoms with E-state index in [1.54, 1.807) is 14.1 Å². The fraction of sp³-hybridized carbons (Fsp3) is 0.824. The van der Waals surface area contributed by atoms with Crippen LogP contribution >= 0.6 is 12.4 Å². The first kappa shape index (κ1) is 23.7. The first-order valence-electron chi connectivity index (χ1n) is 8.68. The molecule has 4 atom stereocenters. The minimum Gasteiger partial charge on any atom is -0.480 e. The van der Waals surface area contributed by atoms with E-state index in [1.807, 2.05) is 0 Å². The molecule has 0 radical (unpaired) electrons. The molecule has 0 aliphatic carbocycles. The Morgan fingerprint density at radius 1 is 1.24 bits per heavy atom. The summed E-state index contributed by atoms with van der Waals surface area (Å²) in [5, 5.41) is 15.3. The normalized spacial score (nSPS) is 23.7. The number of nitrogens with one attached hydrogen (secondary N) is 2.